The fourth-order valence-corrected chi connectivity index (χ4v) is 10.4. The van der Waals surface area contributed by atoms with Crippen molar-refractivity contribution in [2.24, 2.45) is 0 Å². The Morgan fingerprint density at radius 2 is 1.16 bits per heavy atom. The van der Waals surface area contributed by atoms with Crippen molar-refractivity contribution in [3.05, 3.63) is 224 Å². The summed E-state index contributed by atoms with van der Waals surface area (Å²) in [6, 6.07) is 71.5. The van der Waals surface area contributed by atoms with Gasteiger partial charge in [-0.3, -0.25) is 4.57 Å². The molecule has 12 rings (SSSR count). The number of hydrogen-bond donors (Lipinski definition) is 0. The lowest BCUT2D eigenvalue weighted by Gasteiger charge is -2.39. The van der Waals surface area contributed by atoms with Crippen LogP contribution < -0.4 is 4.90 Å². The lowest BCUT2D eigenvalue weighted by Crippen LogP contribution is -2.29. The predicted molar refractivity (Wildman–Crippen MR) is 256 cm³/mol. The summed E-state index contributed by atoms with van der Waals surface area (Å²) in [6.07, 6.45) is 5.81. The van der Waals surface area contributed by atoms with Crippen molar-refractivity contribution in [1.29, 1.82) is 0 Å². The fourth-order valence-electron chi connectivity index (χ4n) is 9.18. The number of benzene rings is 8. The molecule has 0 spiro atoms. The Labute approximate surface area is 358 Å². The molecule has 0 bridgehead atoms. The molecular formula is C56H38N4S. The first kappa shape index (κ1) is 35.5. The van der Waals surface area contributed by atoms with Gasteiger partial charge in [-0.15, -0.1) is 11.8 Å². The van der Waals surface area contributed by atoms with Gasteiger partial charge in [-0.1, -0.05) is 158 Å². The van der Waals surface area contributed by atoms with Gasteiger partial charge in [0.25, 0.3) is 0 Å². The van der Waals surface area contributed by atoms with E-state index in [1.807, 2.05) is 17.8 Å². The lowest BCUT2D eigenvalue weighted by molar-refractivity contribution is 0.916. The van der Waals surface area contributed by atoms with Crippen molar-refractivity contribution < 1.29 is 0 Å². The quantitative estimate of drug-likeness (QED) is 0.168. The number of para-hydroxylation sites is 2. The molecule has 1 aliphatic carbocycles. The van der Waals surface area contributed by atoms with E-state index in [0.29, 0.717) is 11.1 Å². The molecule has 8 aromatic carbocycles. The molecule has 1 unspecified atom stereocenters. The van der Waals surface area contributed by atoms with Crippen LogP contribution in [-0.4, -0.2) is 19.8 Å². The molecule has 0 radical (unpaired) electrons. The predicted octanol–water partition coefficient (Wildman–Crippen LogP) is 14.7. The minimum atomic E-state index is 0.328. The summed E-state index contributed by atoms with van der Waals surface area (Å²) in [5, 5.41) is 5.18. The molecule has 1 aliphatic heterocycles. The SMILES string of the molecule is C1=C(c2ccc3c(c2)c2c4ccccc4ccc2n3-c2cc(-c3ccccc3)nc(-c3ccc(-c4ccccc4)cc3)n2)C=C2C(C1)Sc1ccccc1N2c1ccccc1. The molecule has 4 nitrogen and oxygen atoms in total. The maximum atomic E-state index is 5.39. The second-order valence-electron chi connectivity index (χ2n) is 15.7. The van der Waals surface area contributed by atoms with Crippen molar-refractivity contribution in [3.63, 3.8) is 0 Å². The van der Waals surface area contributed by atoms with Crippen LogP contribution in [0.1, 0.15) is 12.0 Å². The van der Waals surface area contributed by atoms with Crippen molar-refractivity contribution >= 4 is 61.3 Å². The topological polar surface area (TPSA) is 34.0 Å². The highest BCUT2D eigenvalue weighted by molar-refractivity contribution is 8.00. The molecule has 0 fully saturated rings. The van der Waals surface area contributed by atoms with E-state index in [9.17, 15) is 0 Å². The van der Waals surface area contributed by atoms with Gasteiger partial charge in [-0.25, -0.2) is 9.97 Å². The Balaban J connectivity index is 1.04. The average Bonchev–Trinajstić information content (AvgIpc) is 3.68. The first-order chi connectivity index (χ1) is 30.2. The second-order valence-corrected chi connectivity index (χ2v) is 16.9. The van der Waals surface area contributed by atoms with E-state index in [1.54, 1.807) is 0 Å². The molecule has 1 atom stereocenters. The summed E-state index contributed by atoms with van der Waals surface area (Å²) in [7, 11) is 0. The van der Waals surface area contributed by atoms with E-state index < -0.39 is 0 Å². The smallest absolute Gasteiger partial charge is 0.162 e. The molecule has 5 heteroatoms. The average molecular weight is 799 g/mol. The van der Waals surface area contributed by atoms with Crippen molar-refractivity contribution in [2.75, 3.05) is 4.90 Å². The van der Waals surface area contributed by atoms with Gasteiger partial charge in [0.1, 0.15) is 5.82 Å². The number of aromatic nitrogens is 3. The molecule has 288 valence electrons. The van der Waals surface area contributed by atoms with Crippen LogP contribution in [0, 0.1) is 0 Å². The Hall–Kier alpha value is -7.47. The largest absolute Gasteiger partial charge is 0.312 e. The Kier molecular flexibility index (Phi) is 8.53. The summed E-state index contributed by atoms with van der Waals surface area (Å²) in [5.41, 5.74) is 13.6. The molecule has 0 N–H and O–H groups in total. The molecule has 61 heavy (non-hydrogen) atoms. The van der Waals surface area contributed by atoms with Crippen LogP contribution in [0.15, 0.2) is 223 Å². The van der Waals surface area contributed by atoms with Crippen molar-refractivity contribution in [2.45, 2.75) is 16.6 Å². The number of hydrogen-bond acceptors (Lipinski definition) is 4. The van der Waals surface area contributed by atoms with Gasteiger partial charge < -0.3 is 4.90 Å². The van der Waals surface area contributed by atoms with E-state index in [4.69, 9.17) is 9.97 Å². The molecule has 2 aliphatic rings. The van der Waals surface area contributed by atoms with Gasteiger partial charge >= 0.3 is 0 Å². The number of thioether (sulfide) groups is 1. The van der Waals surface area contributed by atoms with Gasteiger partial charge in [0.15, 0.2) is 5.82 Å². The molecule has 0 saturated heterocycles. The molecule has 0 amide bonds. The molecule has 3 heterocycles. The van der Waals surface area contributed by atoms with Gasteiger partial charge in [0, 0.05) is 44.2 Å². The van der Waals surface area contributed by atoms with Gasteiger partial charge in [0.05, 0.1) is 27.7 Å². The maximum absolute atomic E-state index is 5.39. The first-order valence-electron chi connectivity index (χ1n) is 20.8. The van der Waals surface area contributed by atoms with Crippen LogP contribution in [-0.2, 0) is 0 Å². The van der Waals surface area contributed by atoms with Gasteiger partial charge in [-0.2, -0.15) is 0 Å². The van der Waals surface area contributed by atoms with Crippen LogP contribution in [0.5, 0.6) is 0 Å². The third-order valence-corrected chi connectivity index (χ3v) is 13.4. The zero-order valence-electron chi connectivity index (χ0n) is 33.2. The number of anilines is 2. The van der Waals surface area contributed by atoms with Gasteiger partial charge in [-0.05, 0) is 88.0 Å². The summed E-state index contributed by atoms with van der Waals surface area (Å²) in [6.45, 7) is 0. The molecule has 10 aromatic rings. The lowest BCUT2D eigenvalue weighted by atomic mass is 9.94. The Bertz CT molecular complexity index is 3350. The first-order valence-corrected chi connectivity index (χ1v) is 21.7. The Morgan fingerprint density at radius 1 is 0.508 bits per heavy atom. The van der Waals surface area contributed by atoms with Gasteiger partial charge in [0.2, 0.25) is 0 Å². The zero-order valence-corrected chi connectivity index (χ0v) is 34.0. The van der Waals surface area contributed by atoms with E-state index in [2.05, 4.69) is 216 Å². The maximum Gasteiger partial charge on any atom is 0.162 e. The summed E-state index contributed by atoms with van der Waals surface area (Å²) in [5.74, 6) is 1.52. The standard InChI is InChI=1S/C56H38N4S/c1-4-14-37(15-5-1)38-24-26-41(27-25-38)56-57-47(40-17-6-2-7-18-40)36-54(58-56)60-48-31-29-42(34-46(48)55-45-21-11-10-16-39(45)28-32-50(55)60)43-30-33-53-51(35-43)59(44-19-8-3-9-20-44)49-22-12-13-23-52(49)61-53/h1-32,34-36,53H,33H2. The molecule has 2 aromatic heterocycles. The van der Waals surface area contributed by atoms with Crippen molar-refractivity contribution in [3.8, 4) is 39.6 Å². The minimum absolute atomic E-state index is 0.328. The summed E-state index contributed by atoms with van der Waals surface area (Å²) >= 11 is 1.97. The van der Waals surface area contributed by atoms with Crippen molar-refractivity contribution in [1.82, 2.24) is 14.5 Å². The number of nitrogens with zero attached hydrogens (tertiary/aromatic N) is 4. The third-order valence-electron chi connectivity index (χ3n) is 12.1. The molecule has 0 saturated carbocycles. The zero-order chi connectivity index (χ0) is 40.3. The monoisotopic (exact) mass is 798 g/mol. The highest BCUT2D eigenvalue weighted by Gasteiger charge is 2.33. The number of rotatable bonds is 6. The van der Waals surface area contributed by atoms with Crippen LogP contribution in [0.4, 0.5) is 11.4 Å². The van der Waals surface area contributed by atoms with E-state index in [1.165, 1.54) is 60.2 Å². The Morgan fingerprint density at radius 3 is 1.98 bits per heavy atom. The number of fused-ring (bicyclic) bond motifs is 7. The third kappa shape index (κ3) is 6.16. The fraction of sp³-hybridized carbons (Fsp3) is 0.0357. The molecular weight excluding hydrogens is 761 g/mol. The van der Waals surface area contributed by atoms with Crippen LogP contribution in [0.3, 0.4) is 0 Å². The summed E-state index contributed by atoms with van der Waals surface area (Å²) in [4.78, 5) is 14.4. The van der Waals surface area contributed by atoms with Crippen LogP contribution >= 0.6 is 11.8 Å². The normalized spacial score (nSPS) is 14.8. The number of allylic oxidation sites excluding steroid dienone is 3. The highest BCUT2D eigenvalue weighted by atomic mass is 32.2. The van der Waals surface area contributed by atoms with Crippen LogP contribution in [0.25, 0.3) is 77.7 Å². The van der Waals surface area contributed by atoms with Crippen LogP contribution in [0.2, 0.25) is 0 Å². The van der Waals surface area contributed by atoms with E-state index in [0.717, 1.165) is 45.7 Å². The minimum Gasteiger partial charge on any atom is -0.312 e. The van der Waals surface area contributed by atoms with E-state index >= 15 is 0 Å². The second kappa shape index (κ2) is 14.7. The highest BCUT2D eigenvalue weighted by Crippen LogP contribution is 2.50. The summed E-state index contributed by atoms with van der Waals surface area (Å²) < 4.78 is 2.34. The van der Waals surface area contributed by atoms with E-state index in [-0.39, 0.29) is 0 Å².